The highest BCUT2D eigenvalue weighted by atomic mass is 32.2. The topological polar surface area (TPSA) is 164 Å². The molecule has 0 bridgehead atoms. The summed E-state index contributed by atoms with van der Waals surface area (Å²) in [6.07, 6.45) is 1.57. The van der Waals surface area contributed by atoms with E-state index in [9.17, 15) is 4.79 Å². The molecule has 0 aliphatic carbocycles. The van der Waals surface area contributed by atoms with Crippen molar-refractivity contribution in [3.63, 3.8) is 0 Å². The first-order valence-corrected chi connectivity index (χ1v) is 6.20. The van der Waals surface area contributed by atoms with Crippen LogP contribution in [0.15, 0.2) is 27.2 Å². The summed E-state index contributed by atoms with van der Waals surface area (Å²) >= 11 is 1.13. The van der Waals surface area contributed by atoms with Gasteiger partial charge >= 0.3 is 0 Å². The molecule has 10 nitrogen and oxygen atoms in total. The summed E-state index contributed by atoms with van der Waals surface area (Å²) in [6, 6.07) is 1.20. The van der Waals surface area contributed by atoms with Crippen LogP contribution in [0.4, 0.5) is 11.8 Å². The highest BCUT2D eigenvalue weighted by Crippen LogP contribution is 2.29. The monoisotopic (exact) mass is 291 g/mol. The molecule has 0 aliphatic heterocycles. The Morgan fingerprint density at radius 1 is 1.30 bits per heavy atom. The fraction of sp³-hybridized carbons (Fsp3) is 0. The van der Waals surface area contributed by atoms with Crippen molar-refractivity contribution in [2.75, 3.05) is 11.2 Å². The molecule has 0 atom stereocenters. The summed E-state index contributed by atoms with van der Waals surface area (Å²) < 4.78 is 0. The molecule has 0 amide bonds. The Labute approximate surface area is 115 Å². The van der Waals surface area contributed by atoms with Gasteiger partial charge in [0, 0.05) is 6.07 Å². The van der Waals surface area contributed by atoms with Crippen molar-refractivity contribution in [2.24, 2.45) is 5.84 Å². The summed E-state index contributed by atoms with van der Waals surface area (Å²) in [6.45, 7) is 0. The minimum absolute atomic E-state index is 0.130. The molecular weight excluding hydrogens is 282 g/mol. The Kier molecular flexibility index (Phi) is 2.96. The molecule has 0 saturated carbocycles. The second-order valence-corrected chi connectivity index (χ2v) is 4.68. The first kappa shape index (κ1) is 12.4. The van der Waals surface area contributed by atoms with Crippen LogP contribution in [0.5, 0.6) is 0 Å². The molecule has 3 heterocycles. The van der Waals surface area contributed by atoms with Crippen molar-refractivity contribution in [3.8, 4) is 0 Å². The van der Waals surface area contributed by atoms with Gasteiger partial charge in [-0.15, -0.1) is 0 Å². The van der Waals surface area contributed by atoms with E-state index < -0.39 is 0 Å². The molecule has 0 aromatic carbocycles. The van der Waals surface area contributed by atoms with Crippen LogP contribution in [0.1, 0.15) is 0 Å². The van der Waals surface area contributed by atoms with Gasteiger partial charge in [-0.25, -0.2) is 15.8 Å². The number of nitrogens with one attached hydrogen (secondary N) is 3. The van der Waals surface area contributed by atoms with E-state index in [0.29, 0.717) is 21.2 Å². The second kappa shape index (κ2) is 4.79. The summed E-state index contributed by atoms with van der Waals surface area (Å²) in [5, 5.41) is 8.14. The summed E-state index contributed by atoms with van der Waals surface area (Å²) in [5.74, 6) is 5.66. The lowest BCUT2D eigenvalue weighted by Crippen LogP contribution is -2.11. The number of nitrogen functional groups attached to an aromatic ring is 2. The number of aromatic nitrogens is 6. The van der Waals surface area contributed by atoms with Crippen LogP contribution in [0.25, 0.3) is 11.0 Å². The number of hydrogen-bond donors (Lipinski definition) is 5. The number of aromatic amines is 2. The maximum atomic E-state index is 11.4. The molecule has 3 rings (SSSR count). The van der Waals surface area contributed by atoms with Crippen LogP contribution >= 0.6 is 11.8 Å². The van der Waals surface area contributed by atoms with Crippen LogP contribution in [-0.2, 0) is 0 Å². The number of anilines is 2. The van der Waals surface area contributed by atoms with Gasteiger partial charge in [0.05, 0.1) is 11.6 Å². The van der Waals surface area contributed by atoms with Gasteiger partial charge in [0.2, 0.25) is 5.95 Å². The maximum Gasteiger partial charge on any atom is 0.253 e. The standard InChI is InChI=1S/C9H9N9OS/c10-4-1-5(19)14-9(13-4)20-7-3-2-12-18-6(3)15-8(16-7)17-11/h1-2H,11H2,(H3,10,13,14,19)(H2,12,15,16,17,18). The molecule has 7 N–H and O–H groups in total. The summed E-state index contributed by atoms with van der Waals surface area (Å²) in [7, 11) is 0. The lowest BCUT2D eigenvalue weighted by Gasteiger charge is -2.04. The fourth-order valence-electron chi connectivity index (χ4n) is 1.54. The van der Waals surface area contributed by atoms with E-state index in [1.165, 1.54) is 6.07 Å². The third-order valence-corrected chi connectivity index (χ3v) is 3.23. The molecule has 20 heavy (non-hydrogen) atoms. The number of nitrogens with two attached hydrogens (primary N) is 2. The number of H-pyrrole nitrogens is 2. The SMILES string of the molecule is NNc1nc(Sc2nc(N)cc(=O)[nH]2)c2cn[nH]c2n1. The van der Waals surface area contributed by atoms with Crippen molar-refractivity contribution in [3.05, 3.63) is 22.6 Å². The highest BCUT2D eigenvalue weighted by molar-refractivity contribution is 7.99. The van der Waals surface area contributed by atoms with E-state index in [0.717, 1.165) is 11.8 Å². The zero-order valence-electron chi connectivity index (χ0n) is 9.91. The van der Waals surface area contributed by atoms with Gasteiger partial charge in [0.1, 0.15) is 10.8 Å². The van der Waals surface area contributed by atoms with Crippen molar-refractivity contribution >= 4 is 34.6 Å². The van der Waals surface area contributed by atoms with Crippen molar-refractivity contribution in [2.45, 2.75) is 10.2 Å². The predicted molar refractivity (Wildman–Crippen MR) is 72.9 cm³/mol. The molecule has 102 valence electrons. The Hall–Kier alpha value is -2.66. The van der Waals surface area contributed by atoms with Gasteiger partial charge < -0.3 is 10.7 Å². The molecule has 0 fully saturated rings. The van der Waals surface area contributed by atoms with E-state index in [4.69, 9.17) is 11.6 Å². The van der Waals surface area contributed by atoms with Crippen molar-refractivity contribution in [1.29, 1.82) is 0 Å². The first-order valence-electron chi connectivity index (χ1n) is 5.38. The normalized spacial score (nSPS) is 10.8. The van der Waals surface area contributed by atoms with Crippen molar-refractivity contribution < 1.29 is 0 Å². The number of hydrazine groups is 1. The predicted octanol–water partition coefficient (Wildman–Crippen LogP) is -0.545. The van der Waals surface area contributed by atoms with Crippen molar-refractivity contribution in [1.82, 2.24) is 30.1 Å². The van der Waals surface area contributed by atoms with E-state index in [1.54, 1.807) is 6.20 Å². The third-order valence-electron chi connectivity index (χ3n) is 2.34. The average molecular weight is 291 g/mol. The minimum Gasteiger partial charge on any atom is -0.383 e. The molecule has 0 unspecified atom stereocenters. The van der Waals surface area contributed by atoms with Crippen LogP contribution in [-0.4, -0.2) is 30.1 Å². The van der Waals surface area contributed by atoms with Gasteiger partial charge in [0.15, 0.2) is 10.8 Å². The van der Waals surface area contributed by atoms with Gasteiger partial charge in [-0.2, -0.15) is 10.1 Å². The van der Waals surface area contributed by atoms with E-state index in [-0.39, 0.29) is 17.3 Å². The summed E-state index contributed by atoms with van der Waals surface area (Å²) in [5.41, 5.74) is 8.07. The quantitative estimate of drug-likeness (QED) is 0.184. The maximum absolute atomic E-state index is 11.4. The fourth-order valence-corrected chi connectivity index (χ4v) is 2.42. The molecular formula is C9H9N9OS. The zero-order valence-corrected chi connectivity index (χ0v) is 10.7. The molecule has 3 aromatic rings. The molecule has 3 aromatic heterocycles. The molecule has 0 saturated heterocycles. The molecule has 0 spiro atoms. The largest absolute Gasteiger partial charge is 0.383 e. The number of hydrogen-bond acceptors (Lipinski definition) is 9. The lowest BCUT2D eigenvalue weighted by atomic mass is 10.4. The number of fused-ring (bicyclic) bond motifs is 1. The first-order chi connectivity index (χ1) is 9.65. The zero-order chi connectivity index (χ0) is 14.1. The Balaban J connectivity index is 2.09. The van der Waals surface area contributed by atoms with Gasteiger partial charge in [-0.05, 0) is 11.8 Å². The molecule has 0 radical (unpaired) electrons. The average Bonchev–Trinajstić information content (AvgIpc) is 2.85. The van der Waals surface area contributed by atoms with Crippen LogP contribution in [0.2, 0.25) is 0 Å². The van der Waals surface area contributed by atoms with Crippen LogP contribution in [0.3, 0.4) is 0 Å². The van der Waals surface area contributed by atoms with E-state index in [1.807, 2.05) is 0 Å². The highest BCUT2D eigenvalue weighted by Gasteiger charge is 2.12. The second-order valence-electron chi connectivity index (χ2n) is 3.71. The minimum atomic E-state index is -0.338. The third kappa shape index (κ3) is 2.26. The number of nitrogens with zero attached hydrogens (tertiary/aromatic N) is 4. The Morgan fingerprint density at radius 2 is 2.15 bits per heavy atom. The smallest absolute Gasteiger partial charge is 0.253 e. The molecule has 0 aliphatic rings. The van der Waals surface area contributed by atoms with Crippen LogP contribution in [0, 0.1) is 0 Å². The van der Waals surface area contributed by atoms with Gasteiger partial charge in [-0.3, -0.25) is 15.3 Å². The van der Waals surface area contributed by atoms with Gasteiger partial charge in [-0.1, -0.05) is 0 Å². The van der Waals surface area contributed by atoms with Crippen LogP contribution < -0.4 is 22.6 Å². The molecule has 11 heteroatoms. The van der Waals surface area contributed by atoms with Gasteiger partial charge in [0.25, 0.3) is 5.56 Å². The lowest BCUT2D eigenvalue weighted by molar-refractivity contribution is 0.940. The number of rotatable bonds is 3. The Bertz CT molecular complexity index is 826. The summed E-state index contributed by atoms with van der Waals surface area (Å²) in [4.78, 5) is 26.2. The van der Waals surface area contributed by atoms with E-state index >= 15 is 0 Å². The Morgan fingerprint density at radius 3 is 2.90 bits per heavy atom. The van der Waals surface area contributed by atoms with E-state index in [2.05, 4.69) is 35.6 Å².